The van der Waals surface area contributed by atoms with E-state index in [1.54, 1.807) is 49.4 Å². The fourth-order valence-electron chi connectivity index (χ4n) is 3.89. The molecule has 2 aromatic carbocycles. The van der Waals surface area contributed by atoms with Crippen LogP contribution in [0.3, 0.4) is 0 Å². The Labute approximate surface area is 197 Å². The van der Waals surface area contributed by atoms with Gasteiger partial charge in [-0.15, -0.1) is 0 Å². The maximum absolute atomic E-state index is 12.9. The van der Waals surface area contributed by atoms with Crippen LogP contribution in [0.4, 0.5) is 5.69 Å². The van der Waals surface area contributed by atoms with Crippen molar-refractivity contribution in [1.29, 1.82) is 0 Å². The molecule has 1 fully saturated rings. The zero-order chi connectivity index (χ0) is 24.4. The van der Waals surface area contributed by atoms with E-state index in [1.807, 2.05) is 42.7 Å². The maximum Gasteiger partial charge on any atom is 0.346 e. The van der Waals surface area contributed by atoms with Gasteiger partial charge in [0.15, 0.2) is 6.10 Å². The Balaban J connectivity index is 1.59. The van der Waals surface area contributed by atoms with E-state index in [0.29, 0.717) is 11.4 Å². The summed E-state index contributed by atoms with van der Waals surface area (Å²) in [5, 5.41) is 1.25. The van der Waals surface area contributed by atoms with Gasteiger partial charge in [0, 0.05) is 17.1 Å². The first kappa shape index (κ1) is 22.8. The molecule has 1 saturated heterocycles. The summed E-state index contributed by atoms with van der Waals surface area (Å²) in [4.78, 5) is 37.0. The molecule has 1 aliphatic heterocycles. The summed E-state index contributed by atoms with van der Waals surface area (Å²) in [6.07, 6.45) is 0.907. The van der Waals surface area contributed by atoms with Crippen molar-refractivity contribution in [2.45, 2.75) is 26.9 Å². The number of benzene rings is 2. The standard InChI is InChI=1S/C26H25N3O5/c1-16-14-19(15-23-24(30)27-29(25(23)31)21-8-6-5-7-9-21)17(2)28(16)20-10-12-22(13-11-20)34-18(3)26(32)33-4/h5-15,18H,1-4H3,(H,27,30). The Kier molecular flexibility index (Phi) is 6.23. The normalized spacial score (nSPS) is 15.4. The molecule has 0 saturated carbocycles. The van der Waals surface area contributed by atoms with E-state index in [2.05, 4.69) is 10.2 Å². The third-order valence-electron chi connectivity index (χ3n) is 5.62. The number of para-hydroxylation sites is 1. The summed E-state index contributed by atoms with van der Waals surface area (Å²) in [6.45, 7) is 5.50. The molecule has 0 aliphatic carbocycles. The number of aryl methyl sites for hydroxylation is 1. The summed E-state index contributed by atoms with van der Waals surface area (Å²) in [5.41, 5.74) is 6.75. The van der Waals surface area contributed by atoms with Crippen LogP contribution in [0.5, 0.6) is 5.75 Å². The summed E-state index contributed by atoms with van der Waals surface area (Å²) >= 11 is 0. The van der Waals surface area contributed by atoms with E-state index in [0.717, 1.165) is 22.6 Å². The quantitative estimate of drug-likeness (QED) is 0.346. The van der Waals surface area contributed by atoms with E-state index in [1.165, 1.54) is 12.1 Å². The second-order valence-corrected chi connectivity index (χ2v) is 7.91. The molecule has 174 valence electrons. The number of rotatable bonds is 6. The maximum atomic E-state index is 12.9. The lowest BCUT2D eigenvalue weighted by molar-refractivity contribution is -0.147. The number of hydrazine groups is 1. The molecule has 0 radical (unpaired) electrons. The number of esters is 1. The zero-order valence-corrected chi connectivity index (χ0v) is 19.4. The van der Waals surface area contributed by atoms with Crippen molar-refractivity contribution in [3.8, 4) is 11.4 Å². The van der Waals surface area contributed by atoms with Crippen molar-refractivity contribution >= 4 is 29.5 Å². The Hall–Kier alpha value is -4.33. The van der Waals surface area contributed by atoms with E-state index < -0.39 is 23.9 Å². The molecule has 2 amide bonds. The fraction of sp³-hybridized carbons (Fsp3) is 0.192. The largest absolute Gasteiger partial charge is 0.479 e. The average molecular weight is 460 g/mol. The highest BCUT2D eigenvalue weighted by atomic mass is 16.6. The van der Waals surface area contributed by atoms with Crippen LogP contribution in [0.25, 0.3) is 11.8 Å². The predicted octanol–water partition coefficient (Wildman–Crippen LogP) is 3.50. The van der Waals surface area contributed by atoms with Crippen molar-refractivity contribution in [2.75, 3.05) is 12.1 Å². The van der Waals surface area contributed by atoms with Gasteiger partial charge in [-0.1, -0.05) is 18.2 Å². The monoisotopic (exact) mass is 459 g/mol. The molecular formula is C26H25N3O5. The molecule has 8 heteroatoms. The van der Waals surface area contributed by atoms with Crippen molar-refractivity contribution < 1.29 is 23.9 Å². The number of carbonyl (C=O) groups excluding carboxylic acids is 3. The molecule has 0 spiro atoms. The van der Waals surface area contributed by atoms with E-state index in [-0.39, 0.29) is 5.57 Å². The highest BCUT2D eigenvalue weighted by molar-refractivity contribution is 6.31. The number of methoxy groups -OCH3 is 1. The van der Waals surface area contributed by atoms with Crippen LogP contribution in [0.15, 0.2) is 66.2 Å². The minimum atomic E-state index is -0.713. The lowest BCUT2D eigenvalue weighted by atomic mass is 10.1. The van der Waals surface area contributed by atoms with E-state index in [4.69, 9.17) is 4.74 Å². The molecule has 1 N–H and O–H groups in total. The van der Waals surface area contributed by atoms with Gasteiger partial charge in [0.2, 0.25) is 0 Å². The summed E-state index contributed by atoms with van der Waals surface area (Å²) in [6, 6.07) is 18.2. The van der Waals surface area contributed by atoms with E-state index >= 15 is 0 Å². The SMILES string of the molecule is COC(=O)C(C)Oc1ccc(-n2c(C)cc(C=C3C(=O)NN(c4ccccc4)C3=O)c2C)cc1. The minimum Gasteiger partial charge on any atom is -0.479 e. The van der Waals surface area contributed by atoms with Gasteiger partial charge >= 0.3 is 5.97 Å². The van der Waals surface area contributed by atoms with Crippen LogP contribution in [0.1, 0.15) is 23.9 Å². The number of carbonyl (C=O) groups is 3. The number of anilines is 1. The molecule has 2 heterocycles. The van der Waals surface area contributed by atoms with Crippen molar-refractivity contribution in [3.05, 3.63) is 83.2 Å². The van der Waals surface area contributed by atoms with Crippen LogP contribution >= 0.6 is 0 Å². The van der Waals surface area contributed by atoms with Crippen molar-refractivity contribution in [2.24, 2.45) is 0 Å². The molecule has 1 aromatic heterocycles. The number of ether oxygens (including phenoxy) is 2. The van der Waals surface area contributed by atoms with Crippen LogP contribution < -0.4 is 15.2 Å². The number of nitrogens with one attached hydrogen (secondary N) is 1. The van der Waals surface area contributed by atoms with Crippen LogP contribution in [-0.4, -0.2) is 35.6 Å². The summed E-state index contributed by atoms with van der Waals surface area (Å²) in [7, 11) is 1.32. The first-order chi connectivity index (χ1) is 16.3. The molecule has 1 aliphatic rings. The first-order valence-electron chi connectivity index (χ1n) is 10.8. The number of aromatic nitrogens is 1. The minimum absolute atomic E-state index is 0.0737. The fourth-order valence-corrected chi connectivity index (χ4v) is 3.89. The molecular weight excluding hydrogens is 434 g/mol. The van der Waals surface area contributed by atoms with Crippen LogP contribution in [0.2, 0.25) is 0 Å². The van der Waals surface area contributed by atoms with Gasteiger partial charge in [-0.3, -0.25) is 15.0 Å². The molecule has 8 nitrogen and oxygen atoms in total. The summed E-state index contributed by atoms with van der Waals surface area (Å²) in [5.74, 6) is -0.752. The van der Waals surface area contributed by atoms with E-state index in [9.17, 15) is 14.4 Å². The number of hydrogen-bond acceptors (Lipinski definition) is 5. The molecule has 34 heavy (non-hydrogen) atoms. The first-order valence-corrected chi connectivity index (χ1v) is 10.8. The Morgan fingerprint density at radius 2 is 1.68 bits per heavy atom. The van der Waals surface area contributed by atoms with Gasteiger partial charge < -0.3 is 14.0 Å². The van der Waals surface area contributed by atoms with Gasteiger partial charge in [0.05, 0.1) is 12.8 Å². The second-order valence-electron chi connectivity index (χ2n) is 7.91. The number of nitrogens with zero attached hydrogens (tertiary/aromatic N) is 2. The lowest BCUT2D eigenvalue weighted by Crippen LogP contribution is -2.35. The summed E-state index contributed by atoms with van der Waals surface area (Å²) < 4.78 is 12.3. The van der Waals surface area contributed by atoms with Gasteiger partial charge in [0.25, 0.3) is 11.8 Å². The molecule has 1 atom stereocenters. The Bertz CT molecular complexity index is 1280. The highest BCUT2D eigenvalue weighted by Gasteiger charge is 2.34. The zero-order valence-electron chi connectivity index (χ0n) is 19.4. The second kappa shape index (κ2) is 9.27. The van der Waals surface area contributed by atoms with Gasteiger partial charge in [-0.25, -0.2) is 9.80 Å². The topological polar surface area (TPSA) is 89.9 Å². The predicted molar refractivity (Wildman–Crippen MR) is 127 cm³/mol. The van der Waals surface area contributed by atoms with Crippen LogP contribution in [0, 0.1) is 13.8 Å². The highest BCUT2D eigenvalue weighted by Crippen LogP contribution is 2.27. The van der Waals surface area contributed by atoms with Crippen LogP contribution in [-0.2, 0) is 19.1 Å². The molecule has 4 rings (SSSR count). The lowest BCUT2D eigenvalue weighted by Gasteiger charge is -2.14. The smallest absolute Gasteiger partial charge is 0.346 e. The van der Waals surface area contributed by atoms with Crippen molar-refractivity contribution in [3.63, 3.8) is 0 Å². The number of hydrogen-bond donors (Lipinski definition) is 1. The number of amides is 2. The van der Waals surface area contributed by atoms with Crippen molar-refractivity contribution in [1.82, 2.24) is 9.99 Å². The third-order valence-corrected chi connectivity index (χ3v) is 5.62. The average Bonchev–Trinajstić information content (AvgIpc) is 3.29. The third kappa shape index (κ3) is 4.30. The van der Waals surface area contributed by atoms with Gasteiger partial charge in [-0.05, 0) is 74.9 Å². The molecule has 3 aromatic rings. The molecule has 0 bridgehead atoms. The Morgan fingerprint density at radius 1 is 1.00 bits per heavy atom. The van der Waals surface area contributed by atoms with Gasteiger partial charge in [-0.2, -0.15) is 0 Å². The van der Waals surface area contributed by atoms with Gasteiger partial charge in [0.1, 0.15) is 11.3 Å². The molecule has 1 unspecified atom stereocenters. The Morgan fingerprint density at radius 3 is 2.32 bits per heavy atom.